The molecule has 0 aromatic heterocycles. The largest absolute Gasteiger partial charge is 0.0608 e. The highest BCUT2D eigenvalue weighted by Gasteiger charge is 2.28. The molecule has 0 spiro atoms. The van der Waals surface area contributed by atoms with Crippen molar-refractivity contribution in [2.24, 2.45) is 5.41 Å². The highest BCUT2D eigenvalue weighted by Crippen LogP contribution is 2.49. The van der Waals surface area contributed by atoms with E-state index < -0.39 is 0 Å². The molecule has 0 amide bonds. The molecule has 0 atom stereocenters. The highest BCUT2D eigenvalue weighted by atomic mass is 31.1. The zero-order valence-corrected chi connectivity index (χ0v) is 12.9. The molecule has 2 aliphatic rings. The summed E-state index contributed by atoms with van der Waals surface area (Å²) in [5, 5.41) is 1.68. The number of hydrogen-bond donors (Lipinski definition) is 0. The van der Waals surface area contributed by atoms with Crippen molar-refractivity contribution in [3.8, 4) is 0 Å². The van der Waals surface area contributed by atoms with Crippen molar-refractivity contribution in [2.45, 2.75) is 77.6 Å². The fraction of sp³-hybridized carbons (Fsp3) is 0.765. The van der Waals surface area contributed by atoms with E-state index in [0.29, 0.717) is 5.41 Å². The molecule has 0 aromatic carbocycles. The van der Waals surface area contributed by atoms with E-state index in [-0.39, 0.29) is 0 Å². The van der Waals surface area contributed by atoms with Crippen molar-refractivity contribution in [1.29, 1.82) is 0 Å². The van der Waals surface area contributed by atoms with E-state index >= 15 is 0 Å². The van der Waals surface area contributed by atoms with Crippen molar-refractivity contribution >= 4 is 8.58 Å². The van der Waals surface area contributed by atoms with Crippen LogP contribution in [0.25, 0.3) is 0 Å². The topological polar surface area (TPSA) is 0 Å². The lowest BCUT2D eigenvalue weighted by atomic mass is 9.78. The van der Waals surface area contributed by atoms with Crippen molar-refractivity contribution in [1.82, 2.24) is 0 Å². The molecule has 0 aromatic rings. The Labute approximate surface area is 115 Å². The summed E-state index contributed by atoms with van der Waals surface area (Å²) in [6.07, 6.45) is 20.6. The minimum absolute atomic E-state index is 0.490. The second kappa shape index (κ2) is 7.49. The van der Waals surface area contributed by atoms with Crippen LogP contribution < -0.4 is 0 Å². The fourth-order valence-corrected chi connectivity index (χ4v) is 4.35. The average molecular weight is 263 g/mol. The van der Waals surface area contributed by atoms with Crippen molar-refractivity contribution in [3.05, 3.63) is 23.3 Å². The summed E-state index contributed by atoms with van der Waals surface area (Å²) in [6, 6.07) is 0. The van der Waals surface area contributed by atoms with Gasteiger partial charge in [-0.1, -0.05) is 82.7 Å². The Hall–Kier alpha value is -0.0900. The Morgan fingerprint density at radius 1 is 0.833 bits per heavy atom. The maximum Gasteiger partial charge on any atom is -0.00644 e. The van der Waals surface area contributed by atoms with Crippen LogP contribution in [0.5, 0.6) is 0 Å². The van der Waals surface area contributed by atoms with E-state index in [1.165, 1.54) is 79.2 Å². The molecule has 1 aliphatic heterocycles. The van der Waals surface area contributed by atoms with Gasteiger partial charge in [-0.3, -0.25) is 0 Å². The Bertz CT molecular complexity index is 289. The molecule has 0 unspecified atom stereocenters. The van der Waals surface area contributed by atoms with Gasteiger partial charge in [-0.15, -0.1) is 0 Å². The van der Waals surface area contributed by atoms with Gasteiger partial charge in [-0.25, -0.2) is 0 Å². The van der Waals surface area contributed by atoms with Crippen LogP contribution in [0.4, 0.5) is 0 Å². The van der Waals surface area contributed by atoms with Crippen LogP contribution in [-0.2, 0) is 0 Å². The molecule has 0 nitrogen and oxygen atoms in total. The maximum atomic E-state index is 2.52. The summed E-state index contributed by atoms with van der Waals surface area (Å²) < 4.78 is 0. The molecule has 2 rings (SSSR count). The van der Waals surface area contributed by atoms with Gasteiger partial charge in [0.2, 0.25) is 0 Å². The quantitative estimate of drug-likeness (QED) is 0.464. The third-order valence-corrected chi connectivity index (χ3v) is 5.92. The maximum absolute atomic E-state index is 2.52. The summed E-state index contributed by atoms with van der Waals surface area (Å²) >= 11 is 0. The van der Waals surface area contributed by atoms with Crippen LogP contribution in [0.2, 0.25) is 0 Å². The summed E-state index contributed by atoms with van der Waals surface area (Å²) in [5.41, 5.74) is 0.490. The van der Waals surface area contributed by atoms with E-state index in [9.17, 15) is 0 Å². The molecule has 0 saturated heterocycles. The third-order valence-electron chi connectivity index (χ3n) is 4.63. The summed E-state index contributed by atoms with van der Waals surface area (Å²) in [6.45, 7) is 2.52. The van der Waals surface area contributed by atoms with Crippen LogP contribution in [0.15, 0.2) is 23.3 Å². The average Bonchev–Trinajstić information content (AvgIpc) is 2.88. The van der Waals surface area contributed by atoms with E-state index in [4.69, 9.17) is 0 Å². The van der Waals surface area contributed by atoms with Gasteiger partial charge >= 0.3 is 0 Å². The first-order valence-electron chi connectivity index (χ1n) is 7.89. The summed E-state index contributed by atoms with van der Waals surface area (Å²) in [4.78, 5) is 0. The minimum Gasteiger partial charge on any atom is -0.0608 e. The third kappa shape index (κ3) is 4.23. The van der Waals surface area contributed by atoms with E-state index in [2.05, 4.69) is 24.9 Å². The minimum atomic E-state index is 0.490. The monoisotopic (exact) mass is 263 g/mol. The van der Waals surface area contributed by atoms with Crippen LogP contribution in [0.3, 0.4) is 0 Å². The van der Waals surface area contributed by atoms with E-state index in [1.54, 1.807) is 5.31 Å². The molecule has 1 heterocycles. The Kier molecular flexibility index (Phi) is 5.96. The van der Waals surface area contributed by atoms with Crippen LogP contribution in [-0.4, -0.2) is 0 Å². The molecule has 101 valence electrons. The van der Waals surface area contributed by atoms with Gasteiger partial charge in [0.25, 0.3) is 0 Å². The Morgan fingerprint density at radius 3 is 1.78 bits per heavy atom. The first-order valence-corrected chi connectivity index (χ1v) is 8.86. The molecular weight excluding hydrogens is 235 g/mol. The first-order chi connectivity index (χ1) is 8.81. The number of rotatable bonds is 1. The lowest BCUT2D eigenvalue weighted by Gasteiger charge is -2.31. The van der Waals surface area contributed by atoms with Gasteiger partial charge in [0, 0.05) is 0 Å². The predicted octanol–water partition coefficient (Wildman–Crippen LogP) is 6.65. The summed E-state index contributed by atoms with van der Waals surface area (Å²) in [5.74, 6) is 2.30. The Morgan fingerprint density at radius 2 is 1.33 bits per heavy atom. The van der Waals surface area contributed by atoms with E-state index in [1.807, 2.05) is 0 Å². The van der Waals surface area contributed by atoms with Gasteiger partial charge < -0.3 is 0 Å². The van der Waals surface area contributed by atoms with Crippen molar-refractivity contribution in [3.63, 3.8) is 0 Å². The second-order valence-corrected chi connectivity index (χ2v) is 7.30. The molecule has 18 heavy (non-hydrogen) atoms. The fourth-order valence-electron chi connectivity index (χ4n) is 3.31. The molecule has 1 radical (unpaired) electrons. The zero-order chi connectivity index (χ0) is 12.7. The SMILES string of the molecule is CC1(C2=CC=C[P]2)CCCCCCCCCCC1. The van der Waals surface area contributed by atoms with Gasteiger partial charge in [0.1, 0.15) is 0 Å². The van der Waals surface area contributed by atoms with Gasteiger partial charge in [0.05, 0.1) is 0 Å². The zero-order valence-electron chi connectivity index (χ0n) is 12.0. The van der Waals surface area contributed by atoms with Gasteiger partial charge in [-0.2, -0.15) is 0 Å². The number of allylic oxidation sites excluding steroid dienone is 3. The molecule has 0 N–H and O–H groups in total. The molecule has 1 heteroatoms. The molecule has 1 saturated carbocycles. The Balaban J connectivity index is 1.92. The predicted molar refractivity (Wildman–Crippen MR) is 83.0 cm³/mol. The lowest BCUT2D eigenvalue weighted by molar-refractivity contribution is 0.317. The first kappa shape index (κ1) is 14.3. The van der Waals surface area contributed by atoms with Gasteiger partial charge in [-0.05, 0) is 32.2 Å². The van der Waals surface area contributed by atoms with Crippen LogP contribution in [0.1, 0.15) is 77.6 Å². The molecule has 1 fully saturated rings. The van der Waals surface area contributed by atoms with Crippen molar-refractivity contribution < 1.29 is 0 Å². The summed E-state index contributed by atoms with van der Waals surface area (Å²) in [7, 11) is 1.47. The smallest absolute Gasteiger partial charge is 0.00644 e. The number of hydrogen-bond acceptors (Lipinski definition) is 0. The molecule has 1 aliphatic carbocycles. The van der Waals surface area contributed by atoms with Crippen LogP contribution >= 0.6 is 8.58 Å². The molecular formula is C17H28P. The van der Waals surface area contributed by atoms with Gasteiger partial charge in [0.15, 0.2) is 0 Å². The highest BCUT2D eigenvalue weighted by molar-refractivity contribution is 7.47. The standard InChI is InChI=1S/C17H28P/c1-17(16-12-11-15-18-16)13-9-7-5-3-2-4-6-8-10-14-17/h11-12,15H,2-10,13-14H2,1H3. The van der Waals surface area contributed by atoms with E-state index in [0.717, 1.165) is 0 Å². The normalized spacial score (nSPS) is 27.5. The molecule has 0 bridgehead atoms. The lowest BCUT2D eigenvalue weighted by Crippen LogP contribution is -2.17. The second-order valence-electron chi connectivity index (χ2n) is 6.27. The van der Waals surface area contributed by atoms with Crippen LogP contribution in [0, 0.1) is 5.41 Å². The van der Waals surface area contributed by atoms with Crippen molar-refractivity contribution in [2.75, 3.05) is 0 Å².